The van der Waals surface area contributed by atoms with Crippen LogP contribution in [0.3, 0.4) is 0 Å². The second kappa shape index (κ2) is 5.13. The summed E-state index contributed by atoms with van der Waals surface area (Å²) in [5.74, 6) is -1.99. The van der Waals surface area contributed by atoms with Gasteiger partial charge in [0.25, 0.3) is 0 Å². The zero-order valence-corrected chi connectivity index (χ0v) is 11.2. The molecule has 0 amide bonds. The minimum atomic E-state index is -0.861. The van der Waals surface area contributed by atoms with Gasteiger partial charge in [0, 0.05) is 11.1 Å². The van der Waals surface area contributed by atoms with Crippen molar-refractivity contribution < 1.29 is 19.1 Å². The van der Waals surface area contributed by atoms with Crippen LogP contribution in [-0.2, 0) is 11.2 Å². The smallest absolute Gasteiger partial charge is 0.310 e. The van der Waals surface area contributed by atoms with Gasteiger partial charge in [-0.25, -0.2) is 4.39 Å². The highest BCUT2D eigenvalue weighted by molar-refractivity contribution is 6.10. The molecule has 4 heteroatoms. The molecule has 21 heavy (non-hydrogen) atoms. The molecule has 2 aromatic carbocycles. The van der Waals surface area contributed by atoms with Crippen LogP contribution in [0.15, 0.2) is 42.5 Å². The largest absolute Gasteiger partial charge is 0.481 e. The molecule has 0 spiro atoms. The van der Waals surface area contributed by atoms with E-state index in [1.165, 1.54) is 24.3 Å². The maximum Gasteiger partial charge on any atom is 0.310 e. The molecule has 0 bridgehead atoms. The van der Waals surface area contributed by atoms with Crippen LogP contribution in [0.1, 0.15) is 39.4 Å². The lowest BCUT2D eigenvalue weighted by Crippen LogP contribution is -2.09. The van der Waals surface area contributed by atoms with Gasteiger partial charge in [-0.2, -0.15) is 0 Å². The fourth-order valence-electron chi connectivity index (χ4n) is 2.88. The number of fused-ring (bicyclic) bond motifs is 1. The van der Waals surface area contributed by atoms with Crippen molar-refractivity contribution in [3.8, 4) is 0 Å². The van der Waals surface area contributed by atoms with E-state index in [-0.39, 0.29) is 5.78 Å². The molecule has 1 unspecified atom stereocenters. The number of benzene rings is 2. The molecule has 2 aromatic rings. The van der Waals surface area contributed by atoms with E-state index in [9.17, 15) is 19.1 Å². The molecule has 3 rings (SSSR count). The molecule has 0 saturated heterocycles. The van der Waals surface area contributed by atoms with E-state index in [2.05, 4.69) is 0 Å². The van der Waals surface area contributed by atoms with Crippen molar-refractivity contribution in [2.24, 2.45) is 0 Å². The van der Waals surface area contributed by atoms with Crippen LogP contribution in [0.2, 0.25) is 0 Å². The first-order valence-corrected chi connectivity index (χ1v) is 6.73. The number of halogens is 1. The van der Waals surface area contributed by atoms with Gasteiger partial charge in [-0.1, -0.05) is 18.2 Å². The van der Waals surface area contributed by atoms with Gasteiger partial charge < -0.3 is 5.11 Å². The van der Waals surface area contributed by atoms with Crippen LogP contribution in [0.4, 0.5) is 4.39 Å². The van der Waals surface area contributed by atoms with Crippen LogP contribution in [0.25, 0.3) is 0 Å². The van der Waals surface area contributed by atoms with Crippen LogP contribution in [-0.4, -0.2) is 16.9 Å². The van der Waals surface area contributed by atoms with Crippen molar-refractivity contribution in [2.45, 2.75) is 18.8 Å². The highest BCUT2D eigenvalue weighted by Crippen LogP contribution is 2.35. The molecule has 0 aromatic heterocycles. The van der Waals surface area contributed by atoms with Gasteiger partial charge >= 0.3 is 5.97 Å². The summed E-state index contributed by atoms with van der Waals surface area (Å²) in [6, 6.07) is 10.6. The van der Waals surface area contributed by atoms with Crippen molar-refractivity contribution in [1.82, 2.24) is 0 Å². The maximum absolute atomic E-state index is 12.9. The predicted molar refractivity (Wildman–Crippen MR) is 75.0 cm³/mol. The summed E-state index contributed by atoms with van der Waals surface area (Å²) in [6.45, 7) is 0. The summed E-state index contributed by atoms with van der Waals surface area (Å²) in [6.07, 6.45) is 1.09. The lowest BCUT2D eigenvalue weighted by atomic mass is 9.94. The second-order valence-electron chi connectivity index (χ2n) is 5.14. The number of hydrogen-bond acceptors (Lipinski definition) is 2. The Morgan fingerprint density at radius 2 is 1.81 bits per heavy atom. The van der Waals surface area contributed by atoms with Gasteiger partial charge in [0.1, 0.15) is 5.82 Å². The molecule has 1 aliphatic carbocycles. The topological polar surface area (TPSA) is 54.4 Å². The fourth-order valence-corrected chi connectivity index (χ4v) is 2.88. The second-order valence-corrected chi connectivity index (χ2v) is 5.14. The van der Waals surface area contributed by atoms with E-state index in [0.717, 1.165) is 11.1 Å². The Labute approximate surface area is 121 Å². The minimum absolute atomic E-state index is 0.196. The Kier molecular flexibility index (Phi) is 3.29. The molecule has 0 fully saturated rings. The van der Waals surface area contributed by atoms with Crippen molar-refractivity contribution >= 4 is 11.8 Å². The minimum Gasteiger partial charge on any atom is -0.481 e. The van der Waals surface area contributed by atoms with Crippen LogP contribution in [0, 0.1) is 5.82 Å². The highest BCUT2D eigenvalue weighted by atomic mass is 19.1. The molecule has 106 valence electrons. The quantitative estimate of drug-likeness (QED) is 0.881. The lowest BCUT2D eigenvalue weighted by molar-refractivity contribution is -0.138. The van der Waals surface area contributed by atoms with Crippen molar-refractivity contribution in [1.29, 1.82) is 0 Å². The molecule has 0 heterocycles. The lowest BCUT2D eigenvalue weighted by Gasteiger charge is -2.09. The third-order valence-corrected chi connectivity index (χ3v) is 3.92. The number of carboxylic acid groups (broad SMARTS) is 1. The van der Waals surface area contributed by atoms with E-state index in [4.69, 9.17) is 0 Å². The number of rotatable bonds is 3. The molecular formula is C17H13FO3. The van der Waals surface area contributed by atoms with E-state index in [1.54, 1.807) is 18.2 Å². The van der Waals surface area contributed by atoms with Gasteiger partial charge in [-0.15, -0.1) is 0 Å². The summed E-state index contributed by atoms with van der Waals surface area (Å²) < 4.78 is 12.9. The summed E-state index contributed by atoms with van der Waals surface area (Å²) in [5.41, 5.74) is 2.45. The zero-order valence-electron chi connectivity index (χ0n) is 11.2. The summed E-state index contributed by atoms with van der Waals surface area (Å²) in [7, 11) is 0. The average Bonchev–Trinajstić information content (AvgIpc) is 2.91. The molecule has 0 aliphatic heterocycles. The third-order valence-electron chi connectivity index (χ3n) is 3.92. The number of hydrogen-bond donors (Lipinski definition) is 1. The normalized spacial score (nSPS) is 16.5. The van der Waals surface area contributed by atoms with Gasteiger partial charge in [0.15, 0.2) is 5.78 Å². The Morgan fingerprint density at radius 1 is 1.10 bits per heavy atom. The first-order chi connectivity index (χ1) is 10.1. The Bertz CT molecular complexity index is 719. The van der Waals surface area contributed by atoms with Crippen LogP contribution >= 0.6 is 0 Å². The Hall–Kier alpha value is -2.49. The van der Waals surface area contributed by atoms with Crippen LogP contribution < -0.4 is 0 Å². The fraction of sp³-hybridized carbons (Fsp3) is 0.176. The van der Waals surface area contributed by atoms with E-state index in [0.29, 0.717) is 24.0 Å². The summed E-state index contributed by atoms with van der Waals surface area (Å²) in [4.78, 5) is 23.8. The average molecular weight is 284 g/mol. The number of carbonyl (C=O) groups excluding carboxylic acids is 1. The van der Waals surface area contributed by atoms with Gasteiger partial charge in [0.05, 0.1) is 5.92 Å². The standard InChI is InChI=1S/C17H13FO3/c18-11-6-4-10(5-7-11)16(19)14-3-1-2-12-13(14)8-9-15(12)17(20)21/h1-7,15H,8-9H2,(H,20,21). The Balaban J connectivity index is 2.03. The Morgan fingerprint density at radius 3 is 2.48 bits per heavy atom. The SMILES string of the molecule is O=C(c1ccc(F)cc1)c1cccc2c1CCC2C(=O)O. The van der Waals surface area contributed by atoms with E-state index in [1.807, 2.05) is 0 Å². The number of aliphatic carboxylic acids is 1. The molecule has 0 radical (unpaired) electrons. The number of carboxylic acids is 1. The monoisotopic (exact) mass is 284 g/mol. The van der Waals surface area contributed by atoms with Gasteiger partial charge in [-0.3, -0.25) is 9.59 Å². The number of carbonyl (C=O) groups is 2. The molecule has 1 aliphatic rings. The van der Waals surface area contributed by atoms with Crippen molar-refractivity contribution in [3.05, 3.63) is 70.5 Å². The highest BCUT2D eigenvalue weighted by Gasteiger charge is 2.31. The van der Waals surface area contributed by atoms with Crippen molar-refractivity contribution in [3.63, 3.8) is 0 Å². The third kappa shape index (κ3) is 2.33. The van der Waals surface area contributed by atoms with Gasteiger partial charge in [0.2, 0.25) is 0 Å². The number of ketones is 1. The molecule has 1 N–H and O–H groups in total. The van der Waals surface area contributed by atoms with Crippen LogP contribution in [0.5, 0.6) is 0 Å². The summed E-state index contributed by atoms with van der Waals surface area (Å²) in [5, 5.41) is 9.21. The van der Waals surface area contributed by atoms with E-state index >= 15 is 0 Å². The molecule has 3 nitrogen and oxygen atoms in total. The zero-order chi connectivity index (χ0) is 15.0. The first-order valence-electron chi connectivity index (χ1n) is 6.73. The first kappa shape index (κ1) is 13.5. The summed E-state index contributed by atoms with van der Waals surface area (Å²) >= 11 is 0. The predicted octanol–water partition coefficient (Wildman–Crippen LogP) is 3.17. The van der Waals surface area contributed by atoms with Crippen molar-refractivity contribution in [2.75, 3.05) is 0 Å². The maximum atomic E-state index is 12.9. The molecular weight excluding hydrogens is 271 g/mol. The molecule has 1 atom stereocenters. The van der Waals surface area contributed by atoms with Gasteiger partial charge in [-0.05, 0) is 48.2 Å². The van der Waals surface area contributed by atoms with E-state index < -0.39 is 17.7 Å². The molecule has 0 saturated carbocycles.